The Hall–Kier alpha value is -2.46. The molecule has 1 aromatic heterocycles. The van der Waals surface area contributed by atoms with Gasteiger partial charge in [-0.05, 0) is 42.0 Å². The molecule has 0 radical (unpaired) electrons. The molecule has 1 N–H and O–H groups in total. The molecular formula is C16H12FNO2. The third-order valence-electron chi connectivity index (χ3n) is 3.00. The van der Waals surface area contributed by atoms with Gasteiger partial charge in [0.2, 0.25) is 0 Å². The predicted molar refractivity (Wildman–Crippen MR) is 74.1 cm³/mol. The second kappa shape index (κ2) is 5.27. The van der Waals surface area contributed by atoms with Crippen LogP contribution >= 0.6 is 0 Å². The van der Waals surface area contributed by atoms with E-state index in [0.29, 0.717) is 11.3 Å². The molecule has 0 aliphatic carbocycles. The van der Waals surface area contributed by atoms with Gasteiger partial charge in [0.15, 0.2) is 11.6 Å². The van der Waals surface area contributed by atoms with Gasteiger partial charge in [-0.3, -0.25) is 4.98 Å². The number of hydrogen-bond acceptors (Lipinski definition) is 3. The molecule has 0 aliphatic heterocycles. The van der Waals surface area contributed by atoms with Crippen LogP contribution in [0.15, 0.2) is 54.7 Å². The maximum Gasteiger partial charge on any atom is 0.166 e. The highest BCUT2D eigenvalue weighted by atomic mass is 19.1. The van der Waals surface area contributed by atoms with Crippen molar-refractivity contribution < 1.29 is 14.2 Å². The highest BCUT2D eigenvalue weighted by Gasteiger charge is 2.08. The zero-order chi connectivity index (χ0) is 13.9. The summed E-state index contributed by atoms with van der Waals surface area (Å²) in [5.74, 6) is 0.169. The van der Waals surface area contributed by atoms with Crippen molar-refractivity contribution in [3.63, 3.8) is 0 Å². The number of aliphatic hydroxyl groups excluding tert-OH is 1. The maximum atomic E-state index is 13.9. The summed E-state index contributed by atoms with van der Waals surface area (Å²) in [5, 5.41) is 9.79. The highest BCUT2D eigenvalue weighted by molar-refractivity contribution is 5.85. The van der Waals surface area contributed by atoms with Gasteiger partial charge in [-0.2, -0.15) is 0 Å². The molecule has 1 heterocycles. The number of aliphatic hydroxyl groups is 1. The molecule has 0 spiro atoms. The number of rotatable bonds is 3. The molecule has 3 nitrogen and oxygen atoms in total. The Labute approximate surface area is 115 Å². The van der Waals surface area contributed by atoms with Crippen molar-refractivity contribution in [3.05, 3.63) is 66.1 Å². The van der Waals surface area contributed by atoms with E-state index in [4.69, 9.17) is 9.84 Å². The first kappa shape index (κ1) is 12.6. The molecule has 20 heavy (non-hydrogen) atoms. The molecule has 0 amide bonds. The van der Waals surface area contributed by atoms with Crippen molar-refractivity contribution in [3.8, 4) is 11.5 Å². The number of pyridine rings is 1. The van der Waals surface area contributed by atoms with Gasteiger partial charge in [0.1, 0.15) is 5.75 Å². The second-order valence-electron chi connectivity index (χ2n) is 4.35. The molecule has 4 heteroatoms. The fourth-order valence-corrected chi connectivity index (χ4v) is 2.01. The van der Waals surface area contributed by atoms with E-state index >= 15 is 0 Å². The lowest BCUT2D eigenvalue weighted by molar-refractivity contribution is 0.281. The van der Waals surface area contributed by atoms with Gasteiger partial charge in [-0.1, -0.05) is 12.1 Å². The summed E-state index contributed by atoms with van der Waals surface area (Å²) in [4.78, 5) is 4.23. The van der Waals surface area contributed by atoms with Crippen LogP contribution in [0.25, 0.3) is 10.9 Å². The fraction of sp³-hybridized carbons (Fsp3) is 0.0625. The summed E-state index contributed by atoms with van der Waals surface area (Å²) in [5.41, 5.74) is 1.30. The summed E-state index contributed by atoms with van der Waals surface area (Å²) in [6, 6.07) is 13.5. The molecule has 0 unspecified atom stereocenters. The van der Waals surface area contributed by atoms with E-state index in [0.717, 1.165) is 10.9 Å². The van der Waals surface area contributed by atoms with Crippen molar-refractivity contribution in [2.24, 2.45) is 0 Å². The summed E-state index contributed by atoms with van der Waals surface area (Å²) in [6.45, 7) is -0.199. The normalized spacial score (nSPS) is 10.7. The summed E-state index contributed by atoms with van der Waals surface area (Å²) >= 11 is 0. The minimum absolute atomic E-state index is 0.124. The minimum Gasteiger partial charge on any atom is -0.454 e. The van der Waals surface area contributed by atoms with E-state index in [2.05, 4.69) is 4.98 Å². The standard InChI is InChI=1S/C16H12FNO2/c17-13-9-11(10-19)6-7-16(13)20-15-5-1-4-14-12(15)3-2-8-18-14/h1-9,19H,10H2. The van der Waals surface area contributed by atoms with E-state index in [1.165, 1.54) is 12.1 Å². The number of ether oxygens (including phenoxy) is 1. The van der Waals surface area contributed by atoms with Crippen LogP contribution in [0.2, 0.25) is 0 Å². The molecule has 0 saturated heterocycles. The van der Waals surface area contributed by atoms with Crippen molar-refractivity contribution in [2.75, 3.05) is 0 Å². The van der Waals surface area contributed by atoms with Gasteiger partial charge in [0.05, 0.1) is 12.1 Å². The summed E-state index contributed by atoms with van der Waals surface area (Å²) in [7, 11) is 0. The van der Waals surface area contributed by atoms with Crippen molar-refractivity contribution in [1.82, 2.24) is 4.98 Å². The third kappa shape index (κ3) is 2.33. The highest BCUT2D eigenvalue weighted by Crippen LogP contribution is 2.30. The molecule has 0 bridgehead atoms. The Bertz CT molecular complexity index is 753. The van der Waals surface area contributed by atoms with Gasteiger partial charge in [0, 0.05) is 11.6 Å². The largest absolute Gasteiger partial charge is 0.454 e. The van der Waals surface area contributed by atoms with Gasteiger partial charge in [-0.15, -0.1) is 0 Å². The van der Waals surface area contributed by atoms with Crippen LogP contribution in [0.1, 0.15) is 5.56 Å². The van der Waals surface area contributed by atoms with E-state index < -0.39 is 5.82 Å². The topological polar surface area (TPSA) is 42.4 Å². The third-order valence-corrected chi connectivity index (χ3v) is 3.00. The quantitative estimate of drug-likeness (QED) is 0.789. The fourth-order valence-electron chi connectivity index (χ4n) is 2.01. The van der Waals surface area contributed by atoms with E-state index in [9.17, 15) is 4.39 Å². The average Bonchev–Trinajstić information content (AvgIpc) is 2.49. The lowest BCUT2D eigenvalue weighted by atomic mass is 10.2. The second-order valence-corrected chi connectivity index (χ2v) is 4.35. The van der Waals surface area contributed by atoms with Gasteiger partial charge in [0.25, 0.3) is 0 Å². The first-order valence-corrected chi connectivity index (χ1v) is 6.19. The Morgan fingerprint density at radius 1 is 1.05 bits per heavy atom. The molecule has 100 valence electrons. The predicted octanol–water partition coefficient (Wildman–Crippen LogP) is 3.66. The molecule has 2 aromatic carbocycles. The lowest BCUT2D eigenvalue weighted by Crippen LogP contribution is -1.92. The van der Waals surface area contributed by atoms with E-state index in [1.54, 1.807) is 24.4 Å². The van der Waals surface area contributed by atoms with Crippen LogP contribution < -0.4 is 4.74 Å². The van der Waals surface area contributed by atoms with Gasteiger partial charge < -0.3 is 9.84 Å². The van der Waals surface area contributed by atoms with Crippen molar-refractivity contribution >= 4 is 10.9 Å². The Morgan fingerprint density at radius 2 is 1.95 bits per heavy atom. The van der Waals surface area contributed by atoms with Crippen LogP contribution in [0, 0.1) is 5.82 Å². The number of hydrogen-bond donors (Lipinski definition) is 1. The van der Waals surface area contributed by atoms with Crippen LogP contribution in [0.5, 0.6) is 11.5 Å². The number of aromatic nitrogens is 1. The molecule has 3 rings (SSSR count). The molecular weight excluding hydrogens is 257 g/mol. The maximum absolute atomic E-state index is 13.9. The van der Waals surface area contributed by atoms with Crippen LogP contribution in [-0.4, -0.2) is 10.1 Å². The van der Waals surface area contributed by atoms with Crippen molar-refractivity contribution in [2.45, 2.75) is 6.61 Å². The van der Waals surface area contributed by atoms with Crippen LogP contribution in [0.4, 0.5) is 4.39 Å². The lowest BCUT2D eigenvalue weighted by Gasteiger charge is -2.10. The Kier molecular flexibility index (Phi) is 3.31. The monoisotopic (exact) mass is 269 g/mol. The number of halogens is 1. The summed E-state index contributed by atoms with van der Waals surface area (Å²) < 4.78 is 19.5. The molecule has 0 fully saturated rings. The molecule has 0 saturated carbocycles. The Morgan fingerprint density at radius 3 is 2.75 bits per heavy atom. The molecule has 3 aromatic rings. The van der Waals surface area contributed by atoms with E-state index in [-0.39, 0.29) is 12.4 Å². The van der Waals surface area contributed by atoms with Gasteiger partial charge >= 0.3 is 0 Å². The summed E-state index contributed by atoms with van der Waals surface area (Å²) in [6.07, 6.45) is 1.70. The first-order valence-electron chi connectivity index (χ1n) is 6.19. The van der Waals surface area contributed by atoms with Gasteiger partial charge in [-0.25, -0.2) is 4.39 Å². The SMILES string of the molecule is OCc1ccc(Oc2cccc3ncccc23)c(F)c1. The van der Waals surface area contributed by atoms with Crippen LogP contribution in [0.3, 0.4) is 0 Å². The minimum atomic E-state index is -0.502. The zero-order valence-electron chi connectivity index (χ0n) is 10.6. The molecule has 0 aliphatic rings. The number of benzene rings is 2. The van der Waals surface area contributed by atoms with E-state index in [1.807, 2.05) is 18.2 Å². The van der Waals surface area contributed by atoms with Crippen molar-refractivity contribution in [1.29, 1.82) is 0 Å². The average molecular weight is 269 g/mol. The zero-order valence-corrected chi connectivity index (χ0v) is 10.6. The Balaban J connectivity index is 2.01. The number of fused-ring (bicyclic) bond motifs is 1. The number of nitrogens with zero attached hydrogens (tertiary/aromatic N) is 1. The first-order chi connectivity index (χ1) is 9.78. The smallest absolute Gasteiger partial charge is 0.166 e. The van der Waals surface area contributed by atoms with Crippen LogP contribution in [-0.2, 0) is 6.61 Å². The molecule has 0 atom stereocenters.